The number of nitrogens with zero attached hydrogens (tertiary/aromatic N) is 1. The molecule has 3 N–H and O–H groups in total. The highest BCUT2D eigenvalue weighted by molar-refractivity contribution is 7.09. The Balaban J connectivity index is 3.29. The van der Waals surface area contributed by atoms with Crippen molar-refractivity contribution in [3.8, 4) is 0 Å². The van der Waals surface area contributed by atoms with E-state index in [2.05, 4.69) is 0 Å². The van der Waals surface area contributed by atoms with Crippen molar-refractivity contribution in [1.29, 1.82) is 5.41 Å². The van der Waals surface area contributed by atoms with E-state index in [-0.39, 0.29) is 4.80 Å². The second-order valence-corrected chi connectivity index (χ2v) is 3.09. The molecule has 4 nitrogen and oxygen atoms in total. The molecule has 0 aromatic carbocycles. The summed E-state index contributed by atoms with van der Waals surface area (Å²) in [4.78, 5) is 11.6. The highest BCUT2D eigenvalue weighted by atomic mass is 32.1. The molecular formula is C5H7N3OS. The summed E-state index contributed by atoms with van der Waals surface area (Å²) in [6, 6.07) is -0.602. The molecule has 1 aromatic rings. The first-order chi connectivity index (χ1) is 4.61. The average Bonchev–Trinajstić information content (AvgIpc) is 2.10. The van der Waals surface area contributed by atoms with E-state index in [4.69, 9.17) is 11.1 Å². The van der Waals surface area contributed by atoms with Crippen LogP contribution in [0.2, 0.25) is 0 Å². The maximum Gasteiger partial charge on any atom is 0.325 e. The quantitative estimate of drug-likeness (QED) is 0.557. The van der Waals surface area contributed by atoms with Crippen molar-refractivity contribution in [2.75, 3.05) is 0 Å². The van der Waals surface area contributed by atoms with Crippen LogP contribution in [0.5, 0.6) is 0 Å². The first-order valence-corrected chi connectivity index (χ1v) is 3.46. The predicted octanol–water partition coefficient (Wildman–Crippen LogP) is 0.264. The molecule has 0 bridgehead atoms. The molecule has 1 heterocycles. The Morgan fingerprint density at radius 1 is 1.90 bits per heavy atom. The van der Waals surface area contributed by atoms with Gasteiger partial charge in [0.05, 0.1) is 0 Å². The minimum Gasteiger partial charge on any atom is -0.351 e. The summed E-state index contributed by atoms with van der Waals surface area (Å²) in [6.45, 7) is 1.82. The van der Waals surface area contributed by atoms with Gasteiger partial charge in [-0.3, -0.25) is 5.41 Å². The van der Waals surface area contributed by atoms with Gasteiger partial charge in [0.25, 0.3) is 0 Å². The zero-order valence-corrected chi connectivity index (χ0v) is 6.23. The molecule has 5 heteroatoms. The number of thiazole rings is 1. The molecule has 1 rings (SSSR count). The molecule has 0 saturated heterocycles. The molecule has 10 heavy (non-hydrogen) atoms. The van der Waals surface area contributed by atoms with Crippen LogP contribution in [0, 0.1) is 12.3 Å². The van der Waals surface area contributed by atoms with E-state index in [0.29, 0.717) is 0 Å². The molecule has 0 aliphatic heterocycles. The van der Waals surface area contributed by atoms with Gasteiger partial charge in [0.15, 0.2) is 4.80 Å². The van der Waals surface area contributed by atoms with Gasteiger partial charge in [0, 0.05) is 11.1 Å². The minimum absolute atomic E-state index is 0.171. The number of aryl methyl sites for hydroxylation is 1. The molecule has 0 aliphatic rings. The van der Waals surface area contributed by atoms with Crippen LogP contribution >= 0.6 is 11.3 Å². The monoisotopic (exact) mass is 157 g/mol. The fourth-order valence-electron chi connectivity index (χ4n) is 0.632. The van der Waals surface area contributed by atoms with Gasteiger partial charge >= 0.3 is 6.03 Å². The van der Waals surface area contributed by atoms with Crippen molar-refractivity contribution in [2.45, 2.75) is 6.92 Å². The van der Waals surface area contributed by atoms with E-state index in [0.717, 1.165) is 9.44 Å². The SMILES string of the molecule is Cc1cn(C(N)=O)c(=N)s1. The van der Waals surface area contributed by atoms with Crippen molar-refractivity contribution in [1.82, 2.24) is 4.57 Å². The van der Waals surface area contributed by atoms with Gasteiger partial charge in [-0.25, -0.2) is 9.36 Å². The lowest BCUT2D eigenvalue weighted by atomic mass is 10.6. The molecule has 0 spiro atoms. The van der Waals surface area contributed by atoms with Crippen LogP contribution in [0.1, 0.15) is 4.88 Å². The van der Waals surface area contributed by atoms with E-state index in [1.165, 1.54) is 11.3 Å². The maximum absolute atomic E-state index is 10.5. The molecule has 1 aromatic heterocycles. The smallest absolute Gasteiger partial charge is 0.325 e. The lowest BCUT2D eigenvalue weighted by Crippen LogP contribution is -2.26. The molecular weight excluding hydrogens is 150 g/mol. The fraction of sp³-hybridized carbons (Fsp3) is 0.200. The first kappa shape index (κ1) is 7.01. The molecule has 0 fully saturated rings. The van der Waals surface area contributed by atoms with Gasteiger partial charge in [-0.15, -0.1) is 11.3 Å². The third-order valence-corrected chi connectivity index (χ3v) is 1.84. The van der Waals surface area contributed by atoms with Crippen LogP contribution in [0.4, 0.5) is 4.79 Å². The molecule has 0 atom stereocenters. The Hall–Kier alpha value is -1.10. The van der Waals surface area contributed by atoms with E-state index in [9.17, 15) is 4.79 Å². The average molecular weight is 157 g/mol. The van der Waals surface area contributed by atoms with Gasteiger partial charge in [0.2, 0.25) is 0 Å². The largest absolute Gasteiger partial charge is 0.351 e. The fourth-order valence-corrected chi connectivity index (χ4v) is 1.34. The molecule has 0 radical (unpaired) electrons. The summed E-state index contributed by atoms with van der Waals surface area (Å²) in [5.41, 5.74) is 4.94. The Morgan fingerprint density at radius 2 is 2.50 bits per heavy atom. The Morgan fingerprint density at radius 3 is 2.70 bits per heavy atom. The number of rotatable bonds is 0. The summed E-state index contributed by atoms with van der Waals surface area (Å²) < 4.78 is 1.11. The summed E-state index contributed by atoms with van der Waals surface area (Å²) in [6.07, 6.45) is 1.55. The van der Waals surface area contributed by atoms with E-state index in [1.54, 1.807) is 6.20 Å². The third kappa shape index (κ3) is 1.08. The third-order valence-electron chi connectivity index (χ3n) is 1.02. The summed E-state index contributed by atoms with van der Waals surface area (Å²) >= 11 is 1.23. The number of nitrogens with two attached hydrogens (primary N) is 1. The van der Waals surface area contributed by atoms with Gasteiger partial charge < -0.3 is 5.73 Å². The zero-order valence-electron chi connectivity index (χ0n) is 5.42. The van der Waals surface area contributed by atoms with E-state index >= 15 is 0 Å². The normalized spacial score (nSPS) is 9.70. The lowest BCUT2D eigenvalue weighted by molar-refractivity contribution is 0.249. The van der Waals surface area contributed by atoms with Crippen molar-refractivity contribution in [3.05, 3.63) is 15.9 Å². The van der Waals surface area contributed by atoms with Crippen molar-refractivity contribution in [2.24, 2.45) is 5.73 Å². The van der Waals surface area contributed by atoms with Gasteiger partial charge in [-0.1, -0.05) is 0 Å². The molecule has 0 unspecified atom stereocenters. The highest BCUT2D eigenvalue weighted by Gasteiger charge is 2.00. The Bertz CT molecular complexity index is 311. The van der Waals surface area contributed by atoms with Crippen molar-refractivity contribution >= 4 is 17.4 Å². The molecule has 0 aliphatic carbocycles. The summed E-state index contributed by atoms with van der Waals surface area (Å²) in [5, 5.41) is 7.20. The highest BCUT2D eigenvalue weighted by Crippen LogP contribution is 1.98. The van der Waals surface area contributed by atoms with E-state index < -0.39 is 6.03 Å². The molecule has 1 amide bonds. The van der Waals surface area contributed by atoms with Crippen LogP contribution in [0.15, 0.2) is 6.20 Å². The second kappa shape index (κ2) is 2.26. The first-order valence-electron chi connectivity index (χ1n) is 2.65. The number of carbonyl (C=O) groups excluding carboxylic acids is 1. The number of carbonyl (C=O) groups is 1. The number of primary amides is 1. The topological polar surface area (TPSA) is 71.9 Å². The predicted molar refractivity (Wildman–Crippen MR) is 37.9 cm³/mol. The van der Waals surface area contributed by atoms with Gasteiger partial charge in [-0.2, -0.15) is 0 Å². The number of nitrogens with one attached hydrogen (secondary N) is 1. The van der Waals surface area contributed by atoms with Crippen LogP contribution in [0.3, 0.4) is 0 Å². The second-order valence-electron chi connectivity index (χ2n) is 1.86. The number of aromatic nitrogens is 1. The Labute approximate surface area is 61.4 Å². The van der Waals surface area contributed by atoms with Gasteiger partial charge in [-0.05, 0) is 6.92 Å². The number of hydrogen-bond donors (Lipinski definition) is 2. The standard InChI is InChI=1S/C5H7N3OS/c1-3-2-8(4(6)9)5(7)10-3/h2,7H,1H3,(H2,6,9). The Kier molecular flexibility index (Phi) is 1.58. The molecule has 0 saturated carbocycles. The number of hydrogen-bond acceptors (Lipinski definition) is 3. The summed E-state index contributed by atoms with van der Waals surface area (Å²) in [5.74, 6) is 0. The maximum atomic E-state index is 10.5. The lowest BCUT2D eigenvalue weighted by Gasteiger charge is -1.89. The summed E-state index contributed by atoms with van der Waals surface area (Å²) in [7, 11) is 0. The zero-order chi connectivity index (χ0) is 7.72. The minimum atomic E-state index is -0.602. The van der Waals surface area contributed by atoms with Crippen LogP contribution < -0.4 is 10.5 Å². The van der Waals surface area contributed by atoms with Gasteiger partial charge in [0.1, 0.15) is 0 Å². The van der Waals surface area contributed by atoms with Crippen LogP contribution in [0.25, 0.3) is 0 Å². The van der Waals surface area contributed by atoms with Crippen molar-refractivity contribution < 1.29 is 4.79 Å². The van der Waals surface area contributed by atoms with Crippen molar-refractivity contribution in [3.63, 3.8) is 0 Å². The van der Waals surface area contributed by atoms with Crippen LogP contribution in [-0.2, 0) is 0 Å². The number of amides is 1. The molecule has 54 valence electrons. The van der Waals surface area contributed by atoms with E-state index in [1.807, 2.05) is 6.92 Å². The van der Waals surface area contributed by atoms with Crippen LogP contribution in [-0.4, -0.2) is 10.6 Å².